The van der Waals surface area contributed by atoms with E-state index in [9.17, 15) is 4.79 Å². The predicted molar refractivity (Wildman–Crippen MR) is 92.8 cm³/mol. The van der Waals surface area contributed by atoms with Crippen molar-refractivity contribution < 1.29 is 4.74 Å². The van der Waals surface area contributed by atoms with Gasteiger partial charge in [0, 0.05) is 32.3 Å². The van der Waals surface area contributed by atoms with Crippen molar-refractivity contribution in [2.45, 2.75) is 33.3 Å². The molecule has 0 spiro atoms. The molecule has 4 heterocycles. The van der Waals surface area contributed by atoms with E-state index in [1.807, 2.05) is 19.9 Å². The van der Waals surface area contributed by atoms with Crippen molar-refractivity contribution in [2.24, 2.45) is 0 Å². The van der Waals surface area contributed by atoms with Crippen molar-refractivity contribution in [1.29, 1.82) is 0 Å². The highest BCUT2D eigenvalue weighted by molar-refractivity contribution is 5.78. The lowest BCUT2D eigenvalue weighted by Gasteiger charge is -2.12. The molecule has 0 unspecified atom stereocenters. The van der Waals surface area contributed by atoms with Crippen LogP contribution >= 0.6 is 0 Å². The number of aryl methyl sites for hydroxylation is 2. The molecule has 4 aromatic rings. The third-order valence-electron chi connectivity index (χ3n) is 4.15. The van der Waals surface area contributed by atoms with Crippen LogP contribution in [-0.2, 0) is 24.2 Å². The molecule has 0 aromatic carbocycles. The van der Waals surface area contributed by atoms with E-state index in [0.29, 0.717) is 35.3 Å². The van der Waals surface area contributed by atoms with Crippen LogP contribution in [0.5, 0.6) is 0 Å². The van der Waals surface area contributed by atoms with Crippen molar-refractivity contribution in [3.63, 3.8) is 0 Å². The molecule has 0 N–H and O–H groups in total. The van der Waals surface area contributed by atoms with Gasteiger partial charge in [0.15, 0.2) is 17.5 Å². The molecule has 26 heavy (non-hydrogen) atoms. The summed E-state index contributed by atoms with van der Waals surface area (Å²) in [7, 11) is 1.58. The molecule has 0 aliphatic heterocycles. The highest BCUT2D eigenvalue weighted by Crippen LogP contribution is 2.12. The minimum absolute atomic E-state index is 0.218. The number of pyridine rings is 1. The second-order valence-corrected chi connectivity index (χ2v) is 5.75. The largest absolute Gasteiger partial charge is 0.377 e. The standard InChI is InChI=1S/C16H18N8O2/c1-4-13-19-20-14(5-2)24(13)22-7-6-11-10(15(22)25)8-17-16-18-12(9-26-3)21-23(11)16/h6-8H,4-5,9H2,1-3H3. The van der Waals surface area contributed by atoms with Gasteiger partial charge in [-0.05, 0) is 6.07 Å². The van der Waals surface area contributed by atoms with Gasteiger partial charge in [-0.25, -0.2) is 14.3 Å². The normalized spacial score (nSPS) is 11.7. The molecule has 134 valence electrons. The molecule has 10 nitrogen and oxygen atoms in total. The number of methoxy groups -OCH3 is 1. The lowest BCUT2D eigenvalue weighted by atomic mass is 10.3. The number of nitrogens with zero attached hydrogens (tertiary/aromatic N) is 8. The zero-order chi connectivity index (χ0) is 18.3. The minimum Gasteiger partial charge on any atom is -0.377 e. The summed E-state index contributed by atoms with van der Waals surface area (Å²) >= 11 is 0. The van der Waals surface area contributed by atoms with Gasteiger partial charge in [-0.2, -0.15) is 9.50 Å². The third kappa shape index (κ3) is 2.37. The topological polar surface area (TPSA) is 105 Å². The Balaban J connectivity index is 1.97. The van der Waals surface area contributed by atoms with Gasteiger partial charge in [0.2, 0.25) is 0 Å². The Morgan fingerprint density at radius 1 is 1.15 bits per heavy atom. The summed E-state index contributed by atoms with van der Waals surface area (Å²) in [4.78, 5) is 21.7. The molecule has 0 aliphatic rings. The van der Waals surface area contributed by atoms with Crippen LogP contribution in [0, 0.1) is 0 Å². The molecule has 10 heteroatoms. The van der Waals surface area contributed by atoms with Gasteiger partial charge >= 0.3 is 0 Å². The first-order chi connectivity index (χ1) is 12.7. The summed E-state index contributed by atoms with van der Waals surface area (Å²) in [5.41, 5.74) is 0.417. The number of hydrogen-bond acceptors (Lipinski definition) is 7. The van der Waals surface area contributed by atoms with Crippen molar-refractivity contribution in [2.75, 3.05) is 7.11 Å². The molecule has 4 rings (SSSR count). The van der Waals surface area contributed by atoms with Gasteiger partial charge < -0.3 is 4.74 Å². The maximum atomic E-state index is 13.1. The van der Waals surface area contributed by atoms with Crippen molar-refractivity contribution in [1.82, 2.24) is 39.1 Å². The molecule has 0 fully saturated rings. The number of ether oxygens (including phenoxy) is 1. The van der Waals surface area contributed by atoms with Crippen LogP contribution in [-0.4, -0.2) is 46.2 Å². The first-order valence-corrected chi connectivity index (χ1v) is 8.36. The summed E-state index contributed by atoms with van der Waals surface area (Å²) in [6, 6.07) is 1.82. The number of hydrogen-bond donors (Lipinski definition) is 0. The smallest absolute Gasteiger partial charge is 0.280 e. The average Bonchev–Trinajstić information content (AvgIpc) is 3.25. The second-order valence-electron chi connectivity index (χ2n) is 5.75. The molecule has 0 bridgehead atoms. The third-order valence-corrected chi connectivity index (χ3v) is 4.15. The van der Waals surface area contributed by atoms with Crippen LogP contribution < -0.4 is 5.56 Å². The van der Waals surface area contributed by atoms with Gasteiger partial charge in [-0.3, -0.25) is 4.79 Å². The Morgan fingerprint density at radius 3 is 2.54 bits per heavy atom. The monoisotopic (exact) mass is 354 g/mol. The predicted octanol–water partition coefficient (Wildman–Crippen LogP) is 0.613. The van der Waals surface area contributed by atoms with Gasteiger partial charge in [-0.15, -0.1) is 15.3 Å². The molecule has 0 saturated carbocycles. The maximum Gasteiger partial charge on any atom is 0.280 e. The van der Waals surface area contributed by atoms with Crippen LogP contribution in [0.3, 0.4) is 0 Å². The zero-order valence-corrected chi connectivity index (χ0v) is 14.7. The molecule has 0 aliphatic carbocycles. The first-order valence-electron chi connectivity index (χ1n) is 8.36. The quantitative estimate of drug-likeness (QED) is 0.517. The van der Waals surface area contributed by atoms with E-state index in [4.69, 9.17) is 4.74 Å². The van der Waals surface area contributed by atoms with E-state index in [1.54, 1.807) is 22.5 Å². The van der Waals surface area contributed by atoms with Crippen LogP contribution in [0.2, 0.25) is 0 Å². The molecule has 0 radical (unpaired) electrons. The highest BCUT2D eigenvalue weighted by atomic mass is 16.5. The summed E-state index contributed by atoms with van der Waals surface area (Å²) in [5.74, 6) is 2.38. The fourth-order valence-corrected chi connectivity index (χ4v) is 2.94. The van der Waals surface area contributed by atoms with Gasteiger partial charge in [0.1, 0.15) is 6.61 Å². The summed E-state index contributed by atoms with van der Waals surface area (Å²) in [6.45, 7) is 4.23. The Bertz CT molecular complexity index is 1130. The van der Waals surface area contributed by atoms with E-state index in [0.717, 1.165) is 11.6 Å². The van der Waals surface area contributed by atoms with Crippen LogP contribution in [0.4, 0.5) is 0 Å². The molecule has 0 saturated heterocycles. The first kappa shape index (κ1) is 16.3. The van der Waals surface area contributed by atoms with E-state index in [2.05, 4.69) is 25.3 Å². The maximum absolute atomic E-state index is 13.1. The van der Waals surface area contributed by atoms with E-state index < -0.39 is 0 Å². The summed E-state index contributed by atoms with van der Waals surface area (Å²) < 4.78 is 9.89. The lowest BCUT2D eigenvalue weighted by molar-refractivity contribution is 0.178. The summed E-state index contributed by atoms with van der Waals surface area (Å²) in [6.07, 6.45) is 4.55. The van der Waals surface area contributed by atoms with Crippen LogP contribution in [0.25, 0.3) is 16.7 Å². The van der Waals surface area contributed by atoms with Gasteiger partial charge in [0.25, 0.3) is 11.3 Å². The fraction of sp³-hybridized carbons (Fsp3) is 0.375. The Morgan fingerprint density at radius 2 is 1.88 bits per heavy atom. The number of aromatic nitrogens is 8. The van der Waals surface area contributed by atoms with Gasteiger partial charge in [0.05, 0.1) is 10.9 Å². The van der Waals surface area contributed by atoms with Crippen molar-refractivity contribution >= 4 is 16.7 Å². The van der Waals surface area contributed by atoms with E-state index in [-0.39, 0.29) is 12.2 Å². The zero-order valence-electron chi connectivity index (χ0n) is 14.7. The number of fused-ring (bicyclic) bond motifs is 3. The van der Waals surface area contributed by atoms with E-state index >= 15 is 0 Å². The SMILES string of the molecule is CCc1nnc(CC)n1-n1ccc2c(cnc3nc(COC)nn32)c1=O. The Kier molecular flexibility index (Phi) is 3.96. The van der Waals surface area contributed by atoms with Crippen molar-refractivity contribution in [3.05, 3.63) is 46.3 Å². The fourth-order valence-electron chi connectivity index (χ4n) is 2.94. The minimum atomic E-state index is -0.218. The second kappa shape index (κ2) is 6.30. The van der Waals surface area contributed by atoms with Crippen molar-refractivity contribution in [3.8, 4) is 0 Å². The molecule has 4 aromatic heterocycles. The molecular formula is C16H18N8O2. The Labute approximate surface area is 148 Å². The molecular weight excluding hydrogens is 336 g/mol. The van der Waals surface area contributed by atoms with Crippen LogP contribution in [0.1, 0.15) is 31.3 Å². The number of rotatable bonds is 5. The van der Waals surface area contributed by atoms with Crippen LogP contribution in [0.15, 0.2) is 23.3 Å². The highest BCUT2D eigenvalue weighted by Gasteiger charge is 2.16. The average molecular weight is 354 g/mol. The Hall–Kier alpha value is -3.14. The molecule has 0 amide bonds. The lowest BCUT2D eigenvalue weighted by Crippen LogP contribution is -2.29. The van der Waals surface area contributed by atoms with E-state index in [1.165, 1.54) is 10.9 Å². The summed E-state index contributed by atoms with van der Waals surface area (Å²) in [5, 5.41) is 13.2. The van der Waals surface area contributed by atoms with Gasteiger partial charge in [-0.1, -0.05) is 13.8 Å². The molecule has 0 atom stereocenters.